The number of aromatic nitrogens is 2. The largest absolute Gasteiger partial charge is 0.368 e. The third kappa shape index (κ3) is 4.70. The lowest BCUT2D eigenvalue weighted by molar-refractivity contribution is 0.0698. The van der Waals surface area contributed by atoms with Crippen molar-refractivity contribution in [3.05, 3.63) is 83.5 Å². The number of anilines is 1. The van der Waals surface area contributed by atoms with Crippen LogP contribution in [0.4, 0.5) is 5.95 Å². The molecular formula is C25H22ClN5O3S. The summed E-state index contributed by atoms with van der Waals surface area (Å²) in [6.07, 6.45) is 1.58. The fourth-order valence-electron chi connectivity index (χ4n) is 4.14. The van der Waals surface area contributed by atoms with Gasteiger partial charge in [0, 0.05) is 48.5 Å². The minimum atomic E-state index is -3.68. The molecule has 1 aliphatic rings. The number of carbonyl (C=O) groups is 1. The second kappa shape index (κ2) is 9.26. The van der Waals surface area contributed by atoms with Crippen LogP contribution in [0.15, 0.2) is 77.8 Å². The molecule has 4 aromatic rings. The SMILES string of the molecule is Nc1nccc(-c2ccc(C(=O)N3CCN(S(=O)(=O)c4ccc5cc(Cl)ccc5c4)CC3)cc2)n1. The van der Waals surface area contributed by atoms with Crippen LogP contribution in [-0.2, 0) is 10.0 Å². The highest BCUT2D eigenvalue weighted by molar-refractivity contribution is 7.89. The van der Waals surface area contributed by atoms with Gasteiger partial charge in [-0.2, -0.15) is 4.31 Å². The van der Waals surface area contributed by atoms with Crippen molar-refractivity contribution in [3.63, 3.8) is 0 Å². The molecule has 0 bridgehead atoms. The Morgan fingerprint density at radius 2 is 1.57 bits per heavy atom. The van der Waals surface area contributed by atoms with Gasteiger partial charge in [0.15, 0.2) is 0 Å². The molecule has 178 valence electrons. The van der Waals surface area contributed by atoms with E-state index in [4.69, 9.17) is 17.3 Å². The van der Waals surface area contributed by atoms with Gasteiger partial charge < -0.3 is 10.6 Å². The Labute approximate surface area is 208 Å². The fraction of sp³-hybridized carbons (Fsp3) is 0.160. The third-order valence-electron chi connectivity index (χ3n) is 6.04. The van der Waals surface area contributed by atoms with E-state index < -0.39 is 10.0 Å². The van der Waals surface area contributed by atoms with Crippen LogP contribution in [0.25, 0.3) is 22.0 Å². The van der Waals surface area contributed by atoms with Gasteiger partial charge in [0.25, 0.3) is 5.91 Å². The summed E-state index contributed by atoms with van der Waals surface area (Å²) < 4.78 is 27.9. The van der Waals surface area contributed by atoms with Gasteiger partial charge in [-0.25, -0.2) is 18.4 Å². The van der Waals surface area contributed by atoms with Crippen LogP contribution in [0.2, 0.25) is 5.02 Å². The van der Waals surface area contributed by atoms with Crippen molar-refractivity contribution in [1.82, 2.24) is 19.2 Å². The topological polar surface area (TPSA) is 109 Å². The molecule has 1 aliphatic heterocycles. The van der Waals surface area contributed by atoms with Crippen molar-refractivity contribution in [2.45, 2.75) is 4.90 Å². The number of nitrogen functional groups attached to an aromatic ring is 1. The Morgan fingerprint density at radius 1 is 0.886 bits per heavy atom. The Morgan fingerprint density at radius 3 is 2.29 bits per heavy atom. The molecule has 1 fully saturated rings. The van der Waals surface area contributed by atoms with E-state index in [2.05, 4.69) is 9.97 Å². The Balaban J connectivity index is 1.26. The number of nitrogens with zero attached hydrogens (tertiary/aromatic N) is 4. The summed E-state index contributed by atoms with van der Waals surface area (Å²) in [7, 11) is -3.68. The first-order chi connectivity index (χ1) is 16.8. The van der Waals surface area contributed by atoms with E-state index in [1.54, 1.807) is 65.7 Å². The molecule has 1 saturated heterocycles. The molecule has 0 atom stereocenters. The Kier molecular flexibility index (Phi) is 6.14. The van der Waals surface area contributed by atoms with Gasteiger partial charge in [-0.3, -0.25) is 4.79 Å². The smallest absolute Gasteiger partial charge is 0.253 e. The lowest BCUT2D eigenvalue weighted by atomic mass is 10.1. The zero-order valence-corrected chi connectivity index (χ0v) is 20.2. The van der Waals surface area contributed by atoms with Crippen molar-refractivity contribution >= 4 is 44.3 Å². The lowest BCUT2D eigenvalue weighted by Gasteiger charge is -2.34. The van der Waals surface area contributed by atoms with E-state index in [9.17, 15) is 13.2 Å². The molecule has 3 aromatic carbocycles. The maximum atomic E-state index is 13.2. The van der Waals surface area contributed by atoms with Gasteiger partial charge in [0.05, 0.1) is 10.6 Å². The predicted octanol–water partition coefficient (Wildman–Crippen LogP) is 3.68. The average molecular weight is 508 g/mol. The highest BCUT2D eigenvalue weighted by atomic mass is 35.5. The molecule has 1 amide bonds. The summed E-state index contributed by atoms with van der Waals surface area (Å²) in [5.41, 5.74) is 7.67. The molecule has 5 rings (SSSR count). The summed E-state index contributed by atoms with van der Waals surface area (Å²) in [4.78, 5) is 23.0. The average Bonchev–Trinajstić information content (AvgIpc) is 2.88. The summed E-state index contributed by atoms with van der Waals surface area (Å²) in [5.74, 6) is 0.0435. The molecule has 2 heterocycles. The van der Waals surface area contributed by atoms with Gasteiger partial charge in [-0.1, -0.05) is 35.9 Å². The van der Waals surface area contributed by atoms with Gasteiger partial charge in [0.2, 0.25) is 16.0 Å². The number of piperazine rings is 1. The van der Waals surface area contributed by atoms with E-state index in [1.165, 1.54) is 4.31 Å². The number of hydrogen-bond acceptors (Lipinski definition) is 6. The number of sulfonamides is 1. The Bertz CT molecular complexity index is 1520. The third-order valence-corrected chi connectivity index (χ3v) is 8.17. The summed E-state index contributed by atoms with van der Waals surface area (Å²) in [5, 5.41) is 2.28. The van der Waals surface area contributed by atoms with E-state index in [0.717, 1.165) is 16.3 Å². The minimum Gasteiger partial charge on any atom is -0.368 e. The van der Waals surface area contributed by atoms with E-state index in [1.807, 2.05) is 12.1 Å². The van der Waals surface area contributed by atoms with Crippen LogP contribution in [0.3, 0.4) is 0 Å². The number of nitrogens with two attached hydrogens (primary N) is 1. The Hall–Kier alpha value is -3.53. The molecule has 10 heteroatoms. The fourth-order valence-corrected chi connectivity index (χ4v) is 5.78. The van der Waals surface area contributed by atoms with Gasteiger partial charge in [-0.05, 0) is 53.2 Å². The summed E-state index contributed by atoms with van der Waals surface area (Å²) in [6.45, 7) is 1.08. The molecule has 1 aromatic heterocycles. The van der Waals surface area contributed by atoms with Gasteiger partial charge in [0.1, 0.15) is 0 Å². The number of hydrogen-bond donors (Lipinski definition) is 1. The number of amides is 1. The second-order valence-electron chi connectivity index (χ2n) is 8.23. The quantitative estimate of drug-likeness (QED) is 0.451. The number of carbonyl (C=O) groups excluding carboxylic acids is 1. The van der Waals surface area contributed by atoms with Crippen LogP contribution >= 0.6 is 11.6 Å². The van der Waals surface area contributed by atoms with E-state index in [0.29, 0.717) is 29.4 Å². The standard InChI is InChI=1S/C25H22ClN5O3S/c26-21-7-5-20-16-22(8-6-19(20)15-21)35(33,34)31-13-11-30(12-14-31)24(32)18-3-1-17(2-4-18)23-9-10-28-25(27)29-23/h1-10,15-16H,11-14H2,(H2,27,28,29). The highest BCUT2D eigenvalue weighted by Crippen LogP contribution is 2.25. The molecule has 0 aliphatic carbocycles. The monoisotopic (exact) mass is 507 g/mol. The van der Waals surface area contributed by atoms with E-state index in [-0.39, 0.29) is 29.8 Å². The van der Waals surface area contributed by atoms with Crippen LogP contribution in [0.5, 0.6) is 0 Å². The molecule has 0 spiro atoms. The van der Waals surface area contributed by atoms with Crippen molar-refractivity contribution in [2.75, 3.05) is 31.9 Å². The number of rotatable bonds is 4. The molecule has 8 nitrogen and oxygen atoms in total. The first kappa shape index (κ1) is 23.2. The molecular weight excluding hydrogens is 486 g/mol. The molecule has 0 saturated carbocycles. The maximum absolute atomic E-state index is 13.2. The first-order valence-electron chi connectivity index (χ1n) is 11.0. The molecule has 0 radical (unpaired) electrons. The van der Waals surface area contributed by atoms with Crippen molar-refractivity contribution < 1.29 is 13.2 Å². The van der Waals surface area contributed by atoms with E-state index >= 15 is 0 Å². The zero-order chi connectivity index (χ0) is 24.6. The van der Waals surface area contributed by atoms with Crippen LogP contribution in [0, 0.1) is 0 Å². The van der Waals surface area contributed by atoms with Crippen molar-refractivity contribution in [3.8, 4) is 11.3 Å². The summed E-state index contributed by atoms with van der Waals surface area (Å²) >= 11 is 6.03. The number of fused-ring (bicyclic) bond motifs is 1. The first-order valence-corrected chi connectivity index (χ1v) is 12.8. The number of benzene rings is 3. The number of halogens is 1. The van der Waals surface area contributed by atoms with Crippen LogP contribution in [-0.4, -0.2) is 59.7 Å². The maximum Gasteiger partial charge on any atom is 0.253 e. The molecule has 0 unspecified atom stereocenters. The van der Waals surface area contributed by atoms with Gasteiger partial charge >= 0.3 is 0 Å². The lowest BCUT2D eigenvalue weighted by Crippen LogP contribution is -2.50. The van der Waals surface area contributed by atoms with Gasteiger partial charge in [-0.15, -0.1) is 0 Å². The summed E-state index contributed by atoms with van der Waals surface area (Å²) in [6, 6.07) is 19.2. The predicted molar refractivity (Wildman–Crippen MR) is 136 cm³/mol. The second-order valence-corrected chi connectivity index (χ2v) is 10.6. The normalized spacial score (nSPS) is 14.8. The van der Waals surface area contributed by atoms with Crippen LogP contribution < -0.4 is 5.73 Å². The van der Waals surface area contributed by atoms with Crippen LogP contribution in [0.1, 0.15) is 10.4 Å². The zero-order valence-electron chi connectivity index (χ0n) is 18.6. The molecule has 2 N–H and O–H groups in total. The van der Waals surface area contributed by atoms with Crippen molar-refractivity contribution in [2.24, 2.45) is 0 Å². The van der Waals surface area contributed by atoms with Crippen molar-refractivity contribution in [1.29, 1.82) is 0 Å². The highest BCUT2D eigenvalue weighted by Gasteiger charge is 2.30. The minimum absolute atomic E-state index is 0.140. The molecule has 35 heavy (non-hydrogen) atoms.